The number of nitrogens with one attached hydrogen (secondary N) is 1. The molecule has 1 aromatic rings. The third-order valence-electron chi connectivity index (χ3n) is 2.92. The molecule has 18 heavy (non-hydrogen) atoms. The van der Waals surface area contributed by atoms with Crippen molar-refractivity contribution in [3.8, 4) is 0 Å². The minimum Gasteiger partial charge on any atom is -0.374 e. The number of nitrogens with zero attached hydrogens (tertiary/aromatic N) is 1. The third kappa shape index (κ3) is 2.57. The average Bonchev–Trinajstić information content (AvgIpc) is 2.89. The van der Waals surface area contributed by atoms with E-state index in [1.807, 2.05) is 0 Å². The van der Waals surface area contributed by atoms with Crippen molar-refractivity contribution in [2.45, 2.75) is 12.8 Å². The lowest BCUT2D eigenvalue weighted by Gasteiger charge is -2.16. The van der Waals surface area contributed by atoms with Crippen LogP contribution in [0.15, 0.2) is 12.1 Å². The summed E-state index contributed by atoms with van der Waals surface area (Å²) in [6.07, 6.45) is 1.93. The maximum atomic E-state index is 13.3. The molecule has 3 nitrogen and oxygen atoms in total. The number of likely N-dealkylation sites (tertiary alicyclic amines) is 1. The smallest absolute Gasteiger partial charge is 0.241 e. The van der Waals surface area contributed by atoms with Gasteiger partial charge in [0, 0.05) is 13.1 Å². The lowest BCUT2D eigenvalue weighted by molar-refractivity contribution is -0.128. The van der Waals surface area contributed by atoms with Gasteiger partial charge in [0.05, 0.1) is 12.2 Å². The Hall–Kier alpha value is -1.72. The molecule has 0 unspecified atom stereocenters. The van der Waals surface area contributed by atoms with Crippen LogP contribution in [0.2, 0.25) is 0 Å². The second-order valence-corrected chi connectivity index (χ2v) is 4.16. The first-order valence-corrected chi connectivity index (χ1v) is 5.74. The Balaban J connectivity index is 1.98. The number of hydrogen-bond acceptors (Lipinski definition) is 2. The fourth-order valence-electron chi connectivity index (χ4n) is 1.91. The van der Waals surface area contributed by atoms with E-state index < -0.39 is 17.5 Å². The van der Waals surface area contributed by atoms with E-state index in [1.54, 1.807) is 4.90 Å². The van der Waals surface area contributed by atoms with E-state index in [4.69, 9.17) is 0 Å². The van der Waals surface area contributed by atoms with Crippen LogP contribution in [0.4, 0.5) is 18.9 Å². The van der Waals surface area contributed by atoms with E-state index in [2.05, 4.69) is 5.32 Å². The predicted molar refractivity (Wildman–Crippen MR) is 60.6 cm³/mol. The van der Waals surface area contributed by atoms with E-state index in [0.717, 1.165) is 25.0 Å². The Morgan fingerprint density at radius 1 is 1.17 bits per heavy atom. The molecule has 0 radical (unpaired) electrons. The molecule has 1 aliphatic rings. The van der Waals surface area contributed by atoms with E-state index in [9.17, 15) is 18.0 Å². The Bertz CT molecular complexity index is 459. The number of rotatable bonds is 3. The number of anilines is 1. The lowest BCUT2D eigenvalue weighted by atomic mass is 10.2. The van der Waals surface area contributed by atoms with Gasteiger partial charge in [-0.25, -0.2) is 13.2 Å². The largest absolute Gasteiger partial charge is 0.374 e. The highest BCUT2D eigenvalue weighted by Gasteiger charge is 2.19. The molecule has 1 fully saturated rings. The van der Waals surface area contributed by atoms with Crippen molar-refractivity contribution in [2.24, 2.45) is 0 Å². The summed E-state index contributed by atoms with van der Waals surface area (Å²) in [5, 5.41) is 2.48. The molecule has 1 aromatic carbocycles. The fourth-order valence-corrected chi connectivity index (χ4v) is 1.91. The highest BCUT2D eigenvalue weighted by atomic mass is 19.2. The molecular formula is C12H13F3N2O. The van der Waals surface area contributed by atoms with Gasteiger partial charge in [0.15, 0.2) is 17.5 Å². The number of hydrogen-bond donors (Lipinski definition) is 1. The van der Waals surface area contributed by atoms with Gasteiger partial charge in [-0.3, -0.25) is 4.79 Å². The maximum absolute atomic E-state index is 13.3. The van der Waals surface area contributed by atoms with Crippen molar-refractivity contribution in [3.63, 3.8) is 0 Å². The Morgan fingerprint density at radius 2 is 1.83 bits per heavy atom. The molecule has 0 saturated carbocycles. The van der Waals surface area contributed by atoms with Gasteiger partial charge in [-0.05, 0) is 25.0 Å². The normalized spacial score (nSPS) is 14.9. The van der Waals surface area contributed by atoms with E-state index in [0.29, 0.717) is 13.1 Å². The van der Waals surface area contributed by atoms with Crippen LogP contribution < -0.4 is 5.32 Å². The van der Waals surface area contributed by atoms with Crippen molar-refractivity contribution in [1.82, 2.24) is 4.90 Å². The van der Waals surface area contributed by atoms with Gasteiger partial charge in [-0.2, -0.15) is 0 Å². The zero-order valence-electron chi connectivity index (χ0n) is 9.68. The second-order valence-electron chi connectivity index (χ2n) is 4.16. The second kappa shape index (κ2) is 5.29. The lowest BCUT2D eigenvalue weighted by Crippen LogP contribution is -2.33. The van der Waals surface area contributed by atoms with Crippen LogP contribution in [0.3, 0.4) is 0 Å². The van der Waals surface area contributed by atoms with Gasteiger partial charge in [-0.1, -0.05) is 0 Å². The van der Waals surface area contributed by atoms with Gasteiger partial charge < -0.3 is 10.2 Å². The number of amides is 1. The number of carbonyl (C=O) groups excluding carboxylic acids is 1. The molecule has 1 saturated heterocycles. The van der Waals surface area contributed by atoms with Gasteiger partial charge in [0.25, 0.3) is 0 Å². The molecule has 0 atom stereocenters. The minimum atomic E-state index is -1.53. The first-order chi connectivity index (χ1) is 8.59. The molecule has 1 amide bonds. The SMILES string of the molecule is O=C(CNc1ccc(F)c(F)c1F)N1CCCC1. The van der Waals surface area contributed by atoms with E-state index >= 15 is 0 Å². The highest BCUT2D eigenvalue weighted by molar-refractivity contribution is 5.81. The first kappa shape index (κ1) is 12.7. The van der Waals surface area contributed by atoms with Crippen LogP contribution >= 0.6 is 0 Å². The van der Waals surface area contributed by atoms with Crippen molar-refractivity contribution >= 4 is 11.6 Å². The van der Waals surface area contributed by atoms with Gasteiger partial charge in [0.2, 0.25) is 5.91 Å². The first-order valence-electron chi connectivity index (χ1n) is 5.74. The molecule has 6 heteroatoms. The van der Waals surface area contributed by atoms with Crippen molar-refractivity contribution in [2.75, 3.05) is 25.0 Å². The van der Waals surface area contributed by atoms with E-state index in [-0.39, 0.29) is 18.1 Å². The molecular weight excluding hydrogens is 245 g/mol. The molecule has 0 aromatic heterocycles. The van der Waals surface area contributed by atoms with Crippen LogP contribution in [-0.4, -0.2) is 30.4 Å². The zero-order valence-corrected chi connectivity index (χ0v) is 9.68. The molecule has 0 bridgehead atoms. The van der Waals surface area contributed by atoms with Crippen molar-refractivity contribution in [1.29, 1.82) is 0 Å². The van der Waals surface area contributed by atoms with Crippen molar-refractivity contribution < 1.29 is 18.0 Å². The van der Waals surface area contributed by atoms with E-state index in [1.165, 1.54) is 0 Å². The molecule has 1 N–H and O–H groups in total. The molecule has 0 spiro atoms. The van der Waals surface area contributed by atoms with Gasteiger partial charge >= 0.3 is 0 Å². The van der Waals surface area contributed by atoms with Crippen LogP contribution in [0.1, 0.15) is 12.8 Å². The molecule has 1 aliphatic heterocycles. The fraction of sp³-hybridized carbons (Fsp3) is 0.417. The van der Waals surface area contributed by atoms with Crippen LogP contribution in [0.25, 0.3) is 0 Å². The molecule has 98 valence electrons. The monoisotopic (exact) mass is 258 g/mol. The third-order valence-corrected chi connectivity index (χ3v) is 2.92. The van der Waals surface area contributed by atoms with Crippen LogP contribution in [-0.2, 0) is 4.79 Å². The topological polar surface area (TPSA) is 32.3 Å². The average molecular weight is 258 g/mol. The standard InChI is InChI=1S/C12H13F3N2O/c13-8-3-4-9(12(15)11(8)14)16-7-10(18)17-5-1-2-6-17/h3-4,16H,1-2,5-7H2. The Labute approximate surface area is 103 Å². The highest BCUT2D eigenvalue weighted by Crippen LogP contribution is 2.19. The van der Waals surface area contributed by atoms with Crippen LogP contribution in [0.5, 0.6) is 0 Å². The number of carbonyl (C=O) groups is 1. The minimum absolute atomic E-state index is 0.123. The number of halogens is 3. The summed E-state index contributed by atoms with van der Waals surface area (Å²) < 4.78 is 38.9. The molecule has 2 rings (SSSR count). The van der Waals surface area contributed by atoms with Gasteiger partial charge in [-0.15, -0.1) is 0 Å². The summed E-state index contributed by atoms with van der Waals surface area (Å²) >= 11 is 0. The summed E-state index contributed by atoms with van der Waals surface area (Å²) in [5.41, 5.74) is -0.207. The van der Waals surface area contributed by atoms with Crippen LogP contribution in [0, 0.1) is 17.5 Å². The Morgan fingerprint density at radius 3 is 2.50 bits per heavy atom. The number of benzene rings is 1. The quantitative estimate of drug-likeness (QED) is 0.842. The zero-order chi connectivity index (χ0) is 13.1. The maximum Gasteiger partial charge on any atom is 0.241 e. The summed E-state index contributed by atoms with van der Waals surface area (Å²) in [4.78, 5) is 13.3. The van der Waals surface area contributed by atoms with Gasteiger partial charge in [0.1, 0.15) is 0 Å². The van der Waals surface area contributed by atoms with Crippen molar-refractivity contribution in [3.05, 3.63) is 29.6 Å². The molecule has 0 aliphatic carbocycles. The summed E-state index contributed by atoms with van der Waals surface area (Å²) in [6.45, 7) is 1.27. The summed E-state index contributed by atoms with van der Waals surface area (Å²) in [7, 11) is 0. The summed E-state index contributed by atoms with van der Waals surface area (Å²) in [5.74, 6) is -4.25. The molecule has 1 heterocycles. The Kier molecular flexibility index (Phi) is 3.74. The summed E-state index contributed by atoms with van der Waals surface area (Å²) in [6, 6.07) is 1.89. The predicted octanol–water partition coefficient (Wildman–Crippen LogP) is 2.14.